The van der Waals surface area contributed by atoms with Gasteiger partial charge in [0.25, 0.3) is 5.91 Å². The van der Waals surface area contributed by atoms with Crippen LogP contribution in [0, 0.1) is 0 Å². The fourth-order valence-corrected chi connectivity index (χ4v) is 2.38. The first-order valence-electron chi connectivity index (χ1n) is 6.86. The average Bonchev–Trinajstić information content (AvgIpc) is 2.47. The van der Waals surface area contributed by atoms with Crippen molar-refractivity contribution in [2.24, 2.45) is 5.73 Å². The number of ether oxygens (including phenoxy) is 1. The molecule has 2 amide bonds. The highest BCUT2D eigenvalue weighted by Gasteiger charge is 2.34. The van der Waals surface area contributed by atoms with Gasteiger partial charge in [-0.05, 0) is 38.8 Å². The summed E-state index contributed by atoms with van der Waals surface area (Å²) < 4.78 is 4.97. The summed E-state index contributed by atoms with van der Waals surface area (Å²) in [6.07, 6.45) is 4.28. The van der Waals surface area contributed by atoms with Crippen molar-refractivity contribution in [3.8, 4) is 5.88 Å². The maximum absolute atomic E-state index is 12.4. The Labute approximate surface area is 147 Å². The van der Waals surface area contributed by atoms with E-state index in [0.717, 1.165) is 25.8 Å². The van der Waals surface area contributed by atoms with Crippen molar-refractivity contribution in [1.29, 1.82) is 0 Å². The van der Waals surface area contributed by atoms with Crippen LogP contribution in [0.2, 0.25) is 0 Å². The molecular formula is C14H22Cl2N4O3. The Balaban J connectivity index is 0.00000242. The minimum absolute atomic E-state index is 0. The molecular weight excluding hydrogens is 343 g/mol. The van der Waals surface area contributed by atoms with Crippen LogP contribution in [-0.4, -0.2) is 36.0 Å². The molecule has 4 N–H and O–H groups in total. The molecule has 130 valence electrons. The summed E-state index contributed by atoms with van der Waals surface area (Å²) in [6, 6.07) is 1.47. The molecule has 1 saturated heterocycles. The predicted molar refractivity (Wildman–Crippen MR) is 92.7 cm³/mol. The molecule has 1 aliphatic heterocycles. The molecule has 0 spiro atoms. The summed E-state index contributed by atoms with van der Waals surface area (Å²) in [5.41, 5.74) is 5.22. The van der Waals surface area contributed by atoms with Crippen LogP contribution in [0.4, 0.5) is 5.69 Å². The van der Waals surface area contributed by atoms with Crippen molar-refractivity contribution in [2.75, 3.05) is 19.0 Å². The highest BCUT2D eigenvalue weighted by atomic mass is 35.5. The van der Waals surface area contributed by atoms with Gasteiger partial charge in [-0.2, -0.15) is 0 Å². The van der Waals surface area contributed by atoms with Gasteiger partial charge in [-0.3, -0.25) is 9.59 Å². The number of rotatable bonds is 4. The van der Waals surface area contributed by atoms with E-state index in [2.05, 4.69) is 15.6 Å². The molecule has 1 aromatic rings. The second kappa shape index (κ2) is 8.90. The van der Waals surface area contributed by atoms with Gasteiger partial charge in [-0.15, -0.1) is 24.8 Å². The summed E-state index contributed by atoms with van der Waals surface area (Å²) in [4.78, 5) is 27.7. The normalized spacial score (nSPS) is 19.7. The van der Waals surface area contributed by atoms with Crippen LogP contribution in [0.3, 0.4) is 0 Å². The van der Waals surface area contributed by atoms with Gasteiger partial charge in [0, 0.05) is 0 Å². The largest absolute Gasteiger partial charge is 0.480 e. The second-order valence-corrected chi connectivity index (χ2v) is 5.32. The molecule has 1 unspecified atom stereocenters. The van der Waals surface area contributed by atoms with Crippen molar-refractivity contribution in [3.63, 3.8) is 0 Å². The van der Waals surface area contributed by atoms with Crippen LogP contribution in [0.15, 0.2) is 12.3 Å². The predicted octanol–water partition coefficient (Wildman–Crippen LogP) is 1.50. The lowest BCUT2D eigenvalue weighted by atomic mass is 9.90. The van der Waals surface area contributed by atoms with Gasteiger partial charge in [0.05, 0.1) is 24.5 Å². The van der Waals surface area contributed by atoms with E-state index in [9.17, 15) is 9.59 Å². The Morgan fingerprint density at radius 3 is 2.61 bits per heavy atom. The Hall–Kier alpha value is -1.57. The number of hydrogen-bond acceptors (Lipinski definition) is 5. The number of carbonyl (C=O) groups excluding carboxylic acids is 2. The minimum Gasteiger partial charge on any atom is -0.480 e. The van der Waals surface area contributed by atoms with Crippen molar-refractivity contribution >= 4 is 42.3 Å². The molecule has 0 saturated carbocycles. The van der Waals surface area contributed by atoms with E-state index in [1.54, 1.807) is 0 Å². The zero-order valence-electron chi connectivity index (χ0n) is 13.0. The fourth-order valence-electron chi connectivity index (χ4n) is 2.38. The summed E-state index contributed by atoms with van der Waals surface area (Å²) >= 11 is 0. The molecule has 1 atom stereocenters. The number of hydrogen-bond donors (Lipinski definition) is 3. The Bertz CT molecular complexity index is 563. The number of nitrogens with two attached hydrogens (primary N) is 1. The highest BCUT2D eigenvalue weighted by Crippen LogP contribution is 2.23. The fraction of sp³-hybridized carbons (Fsp3) is 0.500. The Kier molecular flexibility index (Phi) is 8.30. The van der Waals surface area contributed by atoms with E-state index in [1.165, 1.54) is 19.4 Å². The summed E-state index contributed by atoms with van der Waals surface area (Å²) in [5.74, 6) is -0.662. The lowest BCUT2D eigenvalue weighted by molar-refractivity contribution is -0.122. The van der Waals surface area contributed by atoms with Gasteiger partial charge >= 0.3 is 0 Å². The van der Waals surface area contributed by atoms with E-state index in [1.807, 2.05) is 6.92 Å². The topological polar surface area (TPSA) is 106 Å². The number of carbonyl (C=O) groups is 2. The van der Waals surface area contributed by atoms with E-state index in [-0.39, 0.29) is 42.2 Å². The molecule has 9 heteroatoms. The van der Waals surface area contributed by atoms with Gasteiger partial charge in [0.1, 0.15) is 5.56 Å². The molecule has 2 rings (SSSR count). The summed E-state index contributed by atoms with van der Waals surface area (Å²) in [6.45, 7) is 2.69. The van der Waals surface area contributed by atoms with E-state index in [4.69, 9.17) is 10.5 Å². The number of nitrogens with zero attached hydrogens (tertiary/aromatic N) is 1. The molecule has 1 fully saturated rings. The molecule has 1 aliphatic rings. The second-order valence-electron chi connectivity index (χ2n) is 5.32. The van der Waals surface area contributed by atoms with Gasteiger partial charge in [0.2, 0.25) is 11.8 Å². The van der Waals surface area contributed by atoms with E-state index < -0.39 is 11.4 Å². The van der Waals surface area contributed by atoms with Gasteiger partial charge < -0.3 is 21.1 Å². The van der Waals surface area contributed by atoms with Crippen molar-refractivity contribution < 1.29 is 14.3 Å². The molecule has 2 heterocycles. The van der Waals surface area contributed by atoms with Gasteiger partial charge in [-0.25, -0.2) is 4.98 Å². The standard InChI is InChI=1S/C14H20N4O3.2ClH/c1-14(5-3-4-6-17-14)13(20)18-9-7-10(11(15)19)12(21-2)16-8-9;;/h7-8,17H,3-6H2,1-2H3,(H2,15,19)(H,18,20);2*1H. The van der Waals surface area contributed by atoms with Crippen LogP contribution in [0.1, 0.15) is 36.5 Å². The number of methoxy groups -OCH3 is 1. The number of nitrogens with one attached hydrogen (secondary N) is 2. The van der Waals surface area contributed by atoms with Crippen molar-refractivity contribution in [2.45, 2.75) is 31.7 Å². The van der Waals surface area contributed by atoms with Gasteiger partial charge in [-0.1, -0.05) is 0 Å². The Morgan fingerprint density at radius 1 is 1.39 bits per heavy atom. The van der Waals surface area contributed by atoms with Gasteiger partial charge in [0.15, 0.2) is 0 Å². The van der Waals surface area contributed by atoms with Crippen LogP contribution in [0.25, 0.3) is 0 Å². The monoisotopic (exact) mass is 364 g/mol. The number of amides is 2. The van der Waals surface area contributed by atoms with E-state index >= 15 is 0 Å². The number of anilines is 1. The number of halogens is 2. The summed E-state index contributed by atoms with van der Waals surface area (Å²) in [7, 11) is 1.40. The first-order valence-corrected chi connectivity index (χ1v) is 6.86. The first kappa shape index (κ1) is 21.4. The van der Waals surface area contributed by atoms with Crippen molar-refractivity contribution in [3.05, 3.63) is 17.8 Å². The van der Waals surface area contributed by atoms with Crippen molar-refractivity contribution in [1.82, 2.24) is 10.3 Å². The molecule has 1 aromatic heterocycles. The lowest BCUT2D eigenvalue weighted by Gasteiger charge is -2.33. The minimum atomic E-state index is -0.655. The zero-order chi connectivity index (χ0) is 15.5. The lowest BCUT2D eigenvalue weighted by Crippen LogP contribution is -2.54. The molecule has 0 aromatic carbocycles. The van der Waals surface area contributed by atoms with Crippen LogP contribution in [-0.2, 0) is 4.79 Å². The molecule has 0 bridgehead atoms. The van der Waals surface area contributed by atoms with Crippen LogP contribution in [0.5, 0.6) is 5.88 Å². The number of primary amides is 1. The molecule has 0 radical (unpaired) electrons. The number of piperidine rings is 1. The zero-order valence-corrected chi connectivity index (χ0v) is 14.7. The third kappa shape index (κ3) is 4.95. The highest BCUT2D eigenvalue weighted by molar-refractivity contribution is 6.00. The SMILES string of the molecule is COc1ncc(NC(=O)C2(C)CCCCN2)cc1C(N)=O.Cl.Cl. The molecule has 7 nitrogen and oxygen atoms in total. The average molecular weight is 365 g/mol. The van der Waals surface area contributed by atoms with Crippen LogP contribution < -0.4 is 21.1 Å². The number of pyridine rings is 1. The molecule has 23 heavy (non-hydrogen) atoms. The number of aromatic nitrogens is 1. The molecule has 0 aliphatic carbocycles. The third-order valence-corrected chi connectivity index (χ3v) is 3.69. The first-order chi connectivity index (χ1) is 9.96. The van der Waals surface area contributed by atoms with E-state index in [0.29, 0.717) is 5.69 Å². The van der Waals surface area contributed by atoms with Crippen LogP contribution >= 0.6 is 24.8 Å². The summed E-state index contributed by atoms with van der Waals surface area (Å²) in [5, 5.41) is 6.00. The third-order valence-electron chi connectivity index (χ3n) is 3.69. The Morgan fingerprint density at radius 2 is 2.09 bits per heavy atom. The smallest absolute Gasteiger partial charge is 0.254 e. The maximum Gasteiger partial charge on any atom is 0.254 e. The maximum atomic E-state index is 12.4. The quantitative estimate of drug-likeness (QED) is 0.750.